The minimum absolute atomic E-state index is 0.207. The summed E-state index contributed by atoms with van der Waals surface area (Å²) in [6, 6.07) is 18.2. The number of para-hydroxylation sites is 2. The largest absolute Gasteiger partial charge is 0.465 e. The summed E-state index contributed by atoms with van der Waals surface area (Å²) in [5.74, 6) is 0.694. The van der Waals surface area contributed by atoms with Crippen LogP contribution in [0.5, 0.6) is 0 Å². The summed E-state index contributed by atoms with van der Waals surface area (Å²) in [7, 11) is 0. The van der Waals surface area contributed by atoms with Gasteiger partial charge < -0.3 is 9.30 Å². The number of aryl methyl sites for hydroxylation is 2. The first-order valence-corrected chi connectivity index (χ1v) is 7.91. The molecule has 118 valence electrons. The Balaban J connectivity index is 1.87. The van der Waals surface area contributed by atoms with E-state index < -0.39 is 0 Å². The van der Waals surface area contributed by atoms with Gasteiger partial charge in [-0.15, -0.1) is 0 Å². The quantitative estimate of drug-likeness (QED) is 0.656. The Labute approximate surface area is 135 Å². The molecule has 0 spiro atoms. The standard InChI is InChI=1S/C19H20N2O2/c1-2-23-19(22)14-21-17-11-7-6-10-16(17)20-18(21)13-12-15-8-4-3-5-9-15/h3-11H,2,12-14H2,1H3. The minimum Gasteiger partial charge on any atom is -0.465 e. The minimum atomic E-state index is -0.225. The highest BCUT2D eigenvalue weighted by Gasteiger charge is 2.14. The molecule has 0 atom stereocenters. The molecule has 4 heteroatoms. The number of nitrogens with zero attached hydrogens (tertiary/aromatic N) is 2. The van der Waals surface area contributed by atoms with E-state index in [1.54, 1.807) is 0 Å². The van der Waals surface area contributed by atoms with Crippen molar-refractivity contribution in [3.05, 3.63) is 66.0 Å². The van der Waals surface area contributed by atoms with E-state index in [2.05, 4.69) is 12.1 Å². The highest BCUT2D eigenvalue weighted by molar-refractivity contribution is 5.78. The van der Waals surface area contributed by atoms with Crippen LogP contribution in [0.2, 0.25) is 0 Å². The van der Waals surface area contributed by atoms with Crippen molar-refractivity contribution < 1.29 is 9.53 Å². The van der Waals surface area contributed by atoms with E-state index in [0.29, 0.717) is 6.61 Å². The van der Waals surface area contributed by atoms with Crippen LogP contribution in [0.25, 0.3) is 11.0 Å². The molecule has 2 aromatic carbocycles. The SMILES string of the molecule is CCOC(=O)Cn1c(CCc2ccccc2)nc2ccccc21. The molecule has 1 heterocycles. The Hall–Kier alpha value is -2.62. The van der Waals surface area contributed by atoms with Gasteiger partial charge in [-0.1, -0.05) is 42.5 Å². The van der Waals surface area contributed by atoms with Crippen LogP contribution in [-0.2, 0) is 28.9 Å². The zero-order valence-corrected chi connectivity index (χ0v) is 13.2. The Morgan fingerprint density at radius 2 is 1.78 bits per heavy atom. The van der Waals surface area contributed by atoms with Crippen LogP contribution >= 0.6 is 0 Å². The van der Waals surface area contributed by atoms with Crippen molar-refractivity contribution in [1.29, 1.82) is 0 Å². The number of ether oxygens (including phenoxy) is 1. The predicted molar refractivity (Wildman–Crippen MR) is 90.2 cm³/mol. The van der Waals surface area contributed by atoms with Gasteiger partial charge in [-0.25, -0.2) is 4.98 Å². The maximum absolute atomic E-state index is 11.9. The van der Waals surface area contributed by atoms with Crippen molar-refractivity contribution in [2.45, 2.75) is 26.3 Å². The fraction of sp³-hybridized carbons (Fsp3) is 0.263. The number of aromatic nitrogens is 2. The summed E-state index contributed by atoms with van der Waals surface area (Å²) in [6.45, 7) is 2.42. The topological polar surface area (TPSA) is 44.1 Å². The van der Waals surface area contributed by atoms with Crippen molar-refractivity contribution in [3.63, 3.8) is 0 Å². The van der Waals surface area contributed by atoms with Gasteiger partial charge in [-0.2, -0.15) is 0 Å². The molecule has 0 amide bonds. The molecule has 4 nitrogen and oxygen atoms in total. The number of carbonyl (C=O) groups is 1. The molecular weight excluding hydrogens is 288 g/mol. The maximum atomic E-state index is 11.9. The number of rotatable bonds is 6. The predicted octanol–water partition coefficient (Wildman–Crippen LogP) is 3.38. The molecule has 3 rings (SSSR count). The van der Waals surface area contributed by atoms with E-state index >= 15 is 0 Å². The second-order valence-electron chi connectivity index (χ2n) is 5.39. The van der Waals surface area contributed by atoms with Gasteiger partial charge in [0.25, 0.3) is 0 Å². The highest BCUT2D eigenvalue weighted by Crippen LogP contribution is 2.18. The van der Waals surface area contributed by atoms with Crippen molar-refractivity contribution in [2.24, 2.45) is 0 Å². The number of esters is 1. The van der Waals surface area contributed by atoms with Crippen molar-refractivity contribution >= 4 is 17.0 Å². The third kappa shape index (κ3) is 3.59. The molecule has 0 fully saturated rings. The molecule has 0 aliphatic heterocycles. The van der Waals surface area contributed by atoms with E-state index in [0.717, 1.165) is 29.7 Å². The van der Waals surface area contributed by atoms with Gasteiger partial charge in [0.15, 0.2) is 0 Å². The van der Waals surface area contributed by atoms with Crippen LogP contribution in [0.4, 0.5) is 0 Å². The van der Waals surface area contributed by atoms with Gasteiger partial charge in [-0.3, -0.25) is 4.79 Å². The zero-order chi connectivity index (χ0) is 16.1. The van der Waals surface area contributed by atoms with Crippen LogP contribution in [0.3, 0.4) is 0 Å². The number of hydrogen-bond acceptors (Lipinski definition) is 3. The molecule has 23 heavy (non-hydrogen) atoms. The number of benzene rings is 2. The Kier molecular flexibility index (Phi) is 4.71. The zero-order valence-electron chi connectivity index (χ0n) is 13.2. The smallest absolute Gasteiger partial charge is 0.326 e. The van der Waals surface area contributed by atoms with Crippen molar-refractivity contribution in [2.75, 3.05) is 6.61 Å². The van der Waals surface area contributed by atoms with Crippen LogP contribution in [-0.4, -0.2) is 22.1 Å². The lowest BCUT2D eigenvalue weighted by Crippen LogP contribution is -2.16. The lowest BCUT2D eigenvalue weighted by Gasteiger charge is -2.09. The second-order valence-corrected chi connectivity index (χ2v) is 5.39. The highest BCUT2D eigenvalue weighted by atomic mass is 16.5. The molecule has 0 unspecified atom stereocenters. The van der Waals surface area contributed by atoms with Crippen LogP contribution in [0.15, 0.2) is 54.6 Å². The Bertz CT molecular complexity index is 793. The van der Waals surface area contributed by atoms with Crippen molar-refractivity contribution in [1.82, 2.24) is 9.55 Å². The first-order chi connectivity index (χ1) is 11.3. The molecule has 0 N–H and O–H groups in total. The first kappa shape index (κ1) is 15.3. The summed E-state index contributed by atoms with van der Waals surface area (Å²) in [5, 5.41) is 0. The van der Waals surface area contributed by atoms with Crippen LogP contribution in [0, 0.1) is 0 Å². The number of fused-ring (bicyclic) bond motifs is 1. The molecular formula is C19H20N2O2. The molecule has 0 radical (unpaired) electrons. The van der Waals surface area contributed by atoms with Gasteiger partial charge in [0, 0.05) is 6.42 Å². The summed E-state index contributed by atoms with van der Waals surface area (Å²) in [6.07, 6.45) is 1.69. The van der Waals surface area contributed by atoms with E-state index in [4.69, 9.17) is 9.72 Å². The fourth-order valence-corrected chi connectivity index (χ4v) is 2.73. The summed E-state index contributed by atoms with van der Waals surface area (Å²) in [5.41, 5.74) is 3.16. The average Bonchev–Trinajstić information content (AvgIpc) is 2.92. The van der Waals surface area contributed by atoms with Gasteiger partial charge in [0.1, 0.15) is 12.4 Å². The Morgan fingerprint density at radius 3 is 2.57 bits per heavy atom. The third-order valence-corrected chi connectivity index (χ3v) is 3.81. The normalized spacial score (nSPS) is 10.8. The Morgan fingerprint density at radius 1 is 1.04 bits per heavy atom. The summed E-state index contributed by atoms with van der Waals surface area (Å²) >= 11 is 0. The molecule has 0 aliphatic carbocycles. The molecule has 1 aromatic heterocycles. The van der Waals surface area contributed by atoms with Gasteiger partial charge in [-0.05, 0) is 31.0 Å². The van der Waals surface area contributed by atoms with Crippen LogP contribution in [0.1, 0.15) is 18.3 Å². The average molecular weight is 308 g/mol. The number of imidazole rings is 1. The van der Waals surface area contributed by atoms with E-state index in [1.165, 1.54) is 5.56 Å². The number of hydrogen-bond donors (Lipinski definition) is 0. The maximum Gasteiger partial charge on any atom is 0.326 e. The van der Waals surface area contributed by atoms with E-state index in [1.807, 2.05) is 54.0 Å². The van der Waals surface area contributed by atoms with Gasteiger partial charge in [0.2, 0.25) is 0 Å². The fourth-order valence-electron chi connectivity index (χ4n) is 2.73. The first-order valence-electron chi connectivity index (χ1n) is 7.91. The molecule has 0 saturated carbocycles. The van der Waals surface area contributed by atoms with Gasteiger partial charge >= 0.3 is 5.97 Å². The lowest BCUT2D eigenvalue weighted by atomic mass is 10.1. The molecule has 3 aromatic rings. The monoisotopic (exact) mass is 308 g/mol. The molecule has 0 saturated heterocycles. The van der Waals surface area contributed by atoms with Crippen molar-refractivity contribution in [3.8, 4) is 0 Å². The van der Waals surface area contributed by atoms with Gasteiger partial charge in [0.05, 0.1) is 17.6 Å². The van der Waals surface area contributed by atoms with Crippen LogP contribution < -0.4 is 0 Å². The number of carbonyl (C=O) groups excluding carboxylic acids is 1. The molecule has 0 bridgehead atoms. The molecule has 0 aliphatic rings. The summed E-state index contributed by atoms with van der Waals surface area (Å²) in [4.78, 5) is 16.6. The second kappa shape index (κ2) is 7.09. The van der Waals surface area contributed by atoms with E-state index in [-0.39, 0.29) is 12.5 Å². The third-order valence-electron chi connectivity index (χ3n) is 3.81. The summed E-state index contributed by atoms with van der Waals surface area (Å²) < 4.78 is 7.06. The van der Waals surface area contributed by atoms with E-state index in [9.17, 15) is 4.79 Å². The lowest BCUT2D eigenvalue weighted by molar-refractivity contribution is -0.143.